The third-order valence-corrected chi connectivity index (χ3v) is 4.30. The Balaban J connectivity index is 1.87. The number of benzene rings is 1. The Bertz CT molecular complexity index is 447. The van der Waals surface area contributed by atoms with Crippen molar-refractivity contribution >= 4 is 17.7 Å². The predicted octanol–water partition coefficient (Wildman–Crippen LogP) is 3.10. The fourth-order valence-electron chi connectivity index (χ4n) is 2.21. The summed E-state index contributed by atoms with van der Waals surface area (Å²) in [4.78, 5) is 13.7. The van der Waals surface area contributed by atoms with Gasteiger partial charge in [-0.25, -0.2) is 9.18 Å². The quantitative estimate of drug-likeness (QED) is 0.843. The summed E-state index contributed by atoms with van der Waals surface area (Å²) in [5.41, 5.74) is 0.141. The summed E-state index contributed by atoms with van der Waals surface area (Å²) in [5, 5.41) is 8.89. The van der Waals surface area contributed by atoms with Gasteiger partial charge in [0, 0.05) is 17.2 Å². The predicted molar refractivity (Wildman–Crippen MR) is 74.4 cm³/mol. The second-order valence-corrected chi connectivity index (χ2v) is 5.84. The van der Waals surface area contributed by atoms with Crippen LogP contribution in [0.3, 0.4) is 0 Å². The summed E-state index contributed by atoms with van der Waals surface area (Å²) >= 11 is 1.39. The van der Waals surface area contributed by atoms with Gasteiger partial charge < -0.3 is 10.0 Å². The molecule has 1 saturated heterocycles. The Labute approximate surface area is 116 Å². The second-order valence-electron chi connectivity index (χ2n) is 4.70. The van der Waals surface area contributed by atoms with E-state index in [1.165, 1.54) is 49.2 Å². The average molecular weight is 283 g/mol. The molecule has 0 radical (unpaired) electrons. The van der Waals surface area contributed by atoms with Crippen LogP contribution in [0, 0.1) is 5.82 Å². The van der Waals surface area contributed by atoms with Gasteiger partial charge in [0.1, 0.15) is 5.82 Å². The molecule has 3 nitrogen and oxygen atoms in total. The molecule has 1 aromatic carbocycles. The first-order chi connectivity index (χ1) is 9.16. The number of rotatable bonds is 5. The van der Waals surface area contributed by atoms with Crippen LogP contribution in [0.1, 0.15) is 29.6 Å². The number of piperidine rings is 1. The Morgan fingerprint density at radius 3 is 2.74 bits per heavy atom. The zero-order valence-electron chi connectivity index (χ0n) is 10.8. The van der Waals surface area contributed by atoms with Gasteiger partial charge in [-0.1, -0.05) is 6.42 Å². The number of aromatic carboxylic acids is 1. The fraction of sp³-hybridized carbons (Fsp3) is 0.500. The van der Waals surface area contributed by atoms with Crippen molar-refractivity contribution in [1.82, 2.24) is 4.90 Å². The van der Waals surface area contributed by atoms with Crippen LogP contribution in [-0.2, 0) is 0 Å². The molecule has 1 N–H and O–H groups in total. The van der Waals surface area contributed by atoms with Crippen molar-refractivity contribution in [2.75, 3.05) is 25.4 Å². The lowest BCUT2D eigenvalue weighted by Gasteiger charge is -2.26. The monoisotopic (exact) mass is 283 g/mol. The highest BCUT2D eigenvalue weighted by atomic mass is 32.2. The molecule has 1 fully saturated rings. The summed E-state index contributed by atoms with van der Waals surface area (Å²) in [6.07, 6.45) is 3.79. The van der Waals surface area contributed by atoms with Gasteiger partial charge in [0.2, 0.25) is 0 Å². The summed E-state index contributed by atoms with van der Waals surface area (Å²) in [6, 6.07) is 3.94. The van der Waals surface area contributed by atoms with Crippen molar-refractivity contribution in [2.24, 2.45) is 0 Å². The minimum atomic E-state index is -1.02. The van der Waals surface area contributed by atoms with Crippen molar-refractivity contribution in [3.05, 3.63) is 29.6 Å². The molecule has 0 amide bonds. The summed E-state index contributed by atoms with van der Waals surface area (Å²) in [5.74, 6) is -0.563. The minimum Gasteiger partial charge on any atom is -0.478 e. The van der Waals surface area contributed by atoms with Gasteiger partial charge in [-0.15, -0.1) is 11.8 Å². The molecule has 0 bridgehead atoms. The smallest absolute Gasteiger partial charge is 0.335 e. The van der Waals surface area contributed by atoms with Gasteiger partial charge >= 0.3 is 5.97 Å². The third kappa shape index (κ3) is 4.21. The molecule has 1 aliphatic rings. The first kappa shape index (κ1) is 14.3. The maximum absolute atomic E-state index is 13.6. The van der Waals surface area contributed by atoms with E-state index in [-0.39, 0.29) is 11.4 Å². The van der Waals surface area contributed by atoms with Crippen LogP contribution in [0.2, 0.25) is 0 Å². The van der Waals surface area contributed by atoms with E-state index in [1.807, 2.05) is 0 Å². The molecule has 0 saturated carbocycles. The zero-order valence-corrected chi connectivity index (χ0v) is 11.6. The highest BCUT2D eigenvalue weighted by molar-refractivity contribution is 7.99. The van der Waals surface area contributed by atoms with Crippen molar-refractivity contribution in [3.8, 4) is 0 Å². The first-order valence-corrected chi connectivity index (χ1v) is 7.53. The first-order valence-electron chi connectivity index (χ1n) is 6.55. The van der Waals surface area contributed by atoms with Crippen molar-refractivity contribution in [3.63, 3.8) is 0 Å². The molecule has 5 heteroatoms. The Morgan fingerprint density at radius 1 is 1.32 bits per heavy atom. The van der Waals surface area contributed by atoms with E-state index in [1.54, 1.807) is 0 Å². The fourth-order valence-corrected chi connectivity index (χ4v) is 3.20. The molecule has 1 aromatic rings. The molecule has 1 aliphatic heterocycles. The lowest BCUT2D eigenvalue weighted by molar-refractivity contribution is 0.0696. The highest BCUT2D eigenvalue weighted by Crippen LogP contribution is 2.23. The Morgan fingerprint density at radius 2 is 2.05 bits per heavy atom. The normalized spacial score (nSPS) is 16.5. The molecule has 0 aliphatic carbocycles. The second kappa shape index (κ2) is 6.91. The summed E-state index contributed by atoms with van der Waals surface area (Å²) < 4.78 is 13.6. The maximum Gasteiger partial charge on any atom is 0.335 e. The van der Waals surface area contributed by atoms with Gasteiger partial charge in [-0.3, -0.25) is 0 Å². The van der Waals surface area contributed by atoms with Crippen LogP contribution in [0.5, 0.6) is 0 Å². The molecule has 0 spiro atoms. The summed E-state index contributed by atoms with van der Waals surface area (Å²) in [6.45, 7) is 3.18. The highest BCUT2D eigenvalue weighted by Gasteiger charge is 2.12. The van der Waals surface area contributed by atoms with Crippen molar-refractivity contribution in [1.29, 1.82) is 0 Å². The lowest BCUT2D eigenvalue weighted by atomic mass is 10.1. The molecule has 0 atom stereocenters. The molecule has 2 rings (SSSR count). The van der Waals surface area contributed by atoms with Gasteiger partial charge in [0.25, 0.3) is 0 Å². The number of carboxylic acids is 1. The SMILES string of the molecule is O=C(O)c1ccc(F)c(SCCN2CCCCC2)c1. The molecular weight excluding hydrogens is 265 g/mol. The van der Waals surface area contributed by atoms with E-state index in [0.717, 1.165) is 25.4 Å². The van der Waals surface area contributed by atoms with Gasteiger partial charge in [0.05, 0.1) is 5.56 Å². The molecular formula is C14H18FNO2S. The number of carboxylic acid groups (broad SMARTS) is 1. The van der Waals surface area contributed by atoms with Crippen molar-refractivity contribution < 1.29 is 14.3 Å². The van der Waals surface area contributed by atoms with Crippen LogP contribution in [0.25, 0.3) is 0 Å². The van der Waals surface area contributed by atoms with Crippen LogP contribution < -0.4 is 0 Å². The van der Waals surface area contributed by atoms with Crippen LogP contribution in [-0.4, -0.2) is 41.4 Å². The van der Waals surface area contributed by atoms with Crippen LogP contribution in [0.4, 0.5) is 4.39 Å². The molecule has 19 heavy (non-hydrogen) atoms. The van der Waals surface area contributed by atoms with Crippen molar-refractivity contribution in [2.45, 2.75) is 24.2 Å². The van der Waals surface area contributed by atoms with E-state index >= 15 is 0 Å². The molecule has 0 aromatic heterocycles. The van der Waals surface area contributed by atoms with E-state index in [9.17, 15) is 9.18 Å². The number of likely N-dealkylation sites (tertiary alicyclic amines) is 1. The van der Waals surface area contributed by atoms with Gasteiger partial charge in [-0.2, -0.15) is 0 Å². The largest absolute Gasteiger partial charge is 0.478 e. The van der Waals surface area contributed by atoms with Crippen LogP contribution >= 0.6 is 11.8 Å². The Kier molecular flexibility index (Phi) is 5.22. The topological polar surface area (TPSA) is 40.5 Å². The average Bonchev–Trinajstić information content (AvgIpc) is 2.42. The number of hydrogen-bond acceptors (Lipinski definition) is 3. The number of nitrogens with zero attached hydrogens (tertiary/aromatic N) is 1. The number of hydrogen-bond donors (Lipinski definition) is 1. The minimum absolute atomic E-state index is 0.141. The molecule has 104 valence electrons. The molecule has 1 heterocycles. The third-order valence-electron chi connectivity index (χ3n) is 3.29. The number of thioether (sulfide) groups is 1. The van der Waals surface area contributed by atoms with E-state index in [4.69, 9.17) is 5.11 Å². The summed E-state index contributed by atoms with van der Waals surface area (Å²) in [7, 11) is 0. The molecule has 0 unspecified atom stereocenters. The van der Waals surface area contributed by atoms with Crippen LogP contribution in [0.15, 0.2) is 23.1 Å². The van der Waals surface area contributed by atoms with E-state index in [2.05, 4.69) is 4.90 Å². The number of halogens is 1. The lowest BCUT2D eigenvalue weighted by Crippen LogP contribution is -2.31. The van der Waals surface area contributed by atoms with Gasteiger partial charge in [0.15, 0.2) is 0 Å². The standard InChI is InChI=1S/C14H18FNO2S/c15-12-5-4-11(14(17)18)10-13(12)19-9-8-16-6-2-1-3-7-16/h4-5,10H,1-3,6-9H2,(H,17,18). The Hall–Kier alpha value is -1.07. The zero-order chi connectivity index (χ0) is 13.7. The van der Waals surface area contributed by atoms with E-state index < -0.39 is 5.97 Å². The number of carbonyl (C=O) groups is 1. The maximum atomic E-state index is 13.6. The van der Waals surface area contributed by atoms with E-state index in [0.29, 0.717) is 4.90 Å². The van der Waals surface area contributed by atoms with Gasteiger partial charge in [-0.05, 0) is 44.1 Å².